The lowest BCUT2D eigenvalue weighted by atomic mass is 10.1. The van der Waals surface area contributed by atoms with Crippen molar-refractivity contribution < 1.29 is 9.53 Å². The molecule has 0 saturated carbocycles. The molecule has 3 heterocycles. The zero-order chi connectivity index (χ0) is 17.3. The van der Waals surface area contributed by atoms with E-state index in [-0.39, 0.29) is 12.1 Å². The Balaban J connectivity index is 1.62. The second kappa shape index (κ2) is 6.55. The first-order valence-corrected chi connectivity index (χ1v) is 9.15. The van der Waals surface area contributed by atoms with Crippen molar-refractivity contribution in [2.24, 2.45) is 0 Å². The predicted octanol–water partition coefficient (Wildman–Crippen LogP) is 3.49. The van der Waals surface area contributed by atoms with Crippen molar-refractivity contribution in [1.82, 2.24) is 15.3 Å². The van der Waals surface area contributed by atoms with Crippen molar-refractivity contribution in [3.63, 3.8) is 0 Å². The van der Waals surface area contributed by atoms with Crippen LogP contribution in [0.4, 0.5) is 10.6 Å². The van der Waals surface area contributed by atoms with Crippen LogP contribution < -0.4 is 10.2 Å². The number of anilines is 1. The highest BCUT2D eigenvalue weighted by Gasteiger charge is 2.25. The molecule has 0 spiro atoms. The Kier molecular flexibility index (Phi) is 4.62. The summed E-state index contributed by atoms with van der Waals surface area (Å²) >= 11 is 1.70. The van der Waals surface area contributed by atoms with E-state index >= 15 is 0 Å². The summed E-state index contributed by atoms with van der Waals surface area (Å²) in [4.78, 5) is 23.1. The lowest BCUT2D eigenvalue weighted by Crippen LogP contribution is -2.46. The van der Waals surface area contributed by atoms with Gasteiger partial charge in [0.1, 0.15) is 17.7 Å². The number of fused-ring (bicyclic) bond motifs is 1. The lowest BCUT2D eigenvalue weighted by Gasteiger charge is -2.33. The number of alkyl carbamates (subject to hydrolysis) is 1. The van der Waals surface area contributed by atoms with Gasteiger partial charge in [-0.3, -0.25) is 0 Å². The molecule has 2 aromatic rings. The minimum atomic E-state index is -0.464. The van der Waals surface area contributed by atoms with Gasteiger partial charge in [-0.05, 0) is 51.5 Å². The zero-order valence-electron chi connectivity index (χ0n) is 14.6. The molecule has 0 aromatic carbocycles. The molecule has 24 heavy (non-hydrogen) atoms. The van der Waals surface area contributed by atoms with E-state index in [4.69, 9.17) is 4.74 Å². The summed E-state index contributed by atoms with van der Waals surface area (Å²) < 4.78 is 6.48. The second-order valence-electron chi connectivity index (χ2n) is 7.20. The van der Waals surface area contributed by atoms with E-state index in [1.807, 2.05) is 20.8 Å². The molecule has 0 atom stereocenters. The molecule has 1 saturated heterocycles. The molecular weight excluding hydrogens is 324 g/mol. The van der Waals surface area contributed by atoms with Crippen molar-refractivity contribution in [3.8, 4) is 0 Å². The van der Waals surface area contributed by atoms with Gasteiger partial charge in [0.05, 0.1) is 10.2 Å². The van der Waals surface area contributed by atoms with Crippen molar-refractivity contribution >= 4 is 33.5 Å². The largest absolute Gasteiger partial charge is 0.444 e. The maximum atomic E-state index is 11.9. The Morgan fingerprint density at radius 3 is 2.71 bits per heavy atom. The number of aromatic nitrogens is 2. The van der Waals surface area contributed by atoms with Gasteiger partial charge in [-0.1, -0.05) is 0 Å². The first-order chi connectivity index (χ1) is 11.3. The molecule has 1 aliphatic rings. The van der Waals surface area contributed by atoms with Crippen molar-refractivity contribution in [2.75, 3.05) is 18.0 Å². The van der Waals surface area contributed by atoms with Gasteiger partial charge in [0.2, 0.25) is 0 Å². The molecule has 1 amide bonds. The normalized spacial score (nSPS) is 16.4. The van der Waals surface area contributed by atoms with E-state index in [2.05, 4.69) is 32.5 Å². The Labute approximate surface area is 146 Å². The van der Waals surface area contributed by atoms with Gasteiger partial charge in [0.25, 0.3) is 0 Å². The molecule has 0 radical (unpaired) electrons. The first-order valence-electron chi connectivity index (χ1n) is 8.27. The van der Waals surface area contributed by atoms with Crippen LogP contribution in [0.2, 0.25) is 0 Å². The van der Waals surface area contributed by atoms with Crippen LogP contribution in [0.1, 0.15) is 39.2 Å². The number of piperidine rings is 1. The molecule has 1 fully saturated rings. The Bertz CT molecular complexity index is 730. The number of aryl methyl sites for hydroxylation is 1. The number of hydrogen-bond donors (Lipinski definition) is 1. The van der Waals surface area contributed by atoms with E-state index in [0.29, 0.717) is 0 Å². The van der Waals surface area contributed by atoms with Crippen LogP contribution in [0, 0.1) is 6.92 Å². The standard InChI is InChI=1S/C17H24N4O2S/c1-11-9-24-14-13(11)18-10-19-15(14)21-7-5-12(6-8-21)20-16(22)23-17(2,3)4/h9-10,12H,5-8H2,1-4H3,(H,20,22). The molecule has 2 aromatic heterocycles. The van der Waals surface area contributed by atoms with Gasteiger partial charge in [0.15, 0.2) is 0 Å². The highest BCUT2D eigenvalue weighted by molar-refractivity contribution is 7.18. The van der Waals surface area contributed by atoms with E-state index in [9.17, 15) is 4.79 Å². The van der Waals surface area contributed by atoms with Crippen LogP contribution in [0.5, 0.6) is 0 Å². The van der Waals surface area contributed by atoms with E-state index in [1.165, 1.54) is 5.56 Å². The van der Waals surface area contributed by atoms with E-state index in [1.54, 1.807) is 17.7 Å². The quantitative estimate of drug-likeness (QED) is 0.900. The Morgan fingerprint density at radius 2 is 2.04 bits per heavy atom. The number of nitrogens with zero attached hydrogens (tertiary/aromatic N) is 3. The van der Waals surface area contributed by atoms with Gasteiger partial charge in [-0.2, -0.15) is 0 Å². The molecule has 1 N–H and O–H groups in total. The number of thiophene rings is 1. The average molecular weight is 348 g/mol. The fourth-order valence-electron chi connectivity index (χ4n) is 2.89. The molecule has 0 unspecified atom stereocenters. The number of nitrogens with one attached hydrogen (secondary N) is 1. The van der Waals surface area contributed by atoms with E-state index < -0.39 is 5.60 Å². The Morgan fingerprint density at radius 1 is 1.33 bits per heavy atom. The summed E-state index contributed by atoms with van der Waals surface area (Å²) in [6.07, 6.45) is 3.08. The van der Waals surface area contributed by atoms with Gasteiger partial charge in [-0.15, -0.1) is 11.3 Å². The summed E-state index contributed by atoms with van der Waals surface area (Å²) in [7, 11) is 0. The highest BCUT2D eigenvalue weighted by atomic mass is 32.1. The summed E-state index contributed by atoms with van der Waals surface area (Å²) in [6, 6.07) is 0.151. The smallest absolute Gasteiger partial charge is 0.407 e. The summed E-state index contributed by atoms with van der Waals surface area (Å²) in [5.74, 6) is 1.01. The van der Waals surface area contributed by atoms with Gasteiger partial charge >= 0.3 is 6.09 Å². The minimum absolute atomic E-state index is 0.151. The van der Waals surface area contributed by atoms with Crippen LogP contribution in [-0.2, 0) is 4.74 Å². The number of rotatable bonds is 2. The van der Waals surface area contributed by atoms with Crippen LogP contribution >= 0.6 is 11.3 Å². The van der Waals surface area contributed by atoms with Crippen molar-refractivity contribution in [1.29, 1.82) is 0 Å². The molecule has 0 aliphatic carbocycles. The van der Waals surface area contributed by atoms with Gasteiger partial charge in [0, 0.05) is 19.1 Å². The minimum Gasteiger partial charge on any atom is -0.444 e. The van der Waals surface area contributed by atoms with Crippen molar-refractivity contribution in [2.45, 2.75) is 52.2 Å². The topological polar surface area (TPSA) is 67.4 Å². The monoisotopic (exact) mass is 348 g/mol. The third-order valence-electron chi connectivity index (χ3n) is 4.03. The van der Waals surface area contributed by atoms with Crippen molar-refractivity contribution in [3.05, 3.63) is 17.3 Å². The first kappa shape index (κ1) is 17.0. The van der Waals surface area contributed by atoms with E-state index in [0.717, 1.165) is 42.0 Å². The highest BCUT2D eigenvalue weighted by Crippen LogP contribution is 2.32. The maximum absolute atomic E-state index is 11.9. The fourth-order valence-corrected chi connectivity index (χ4v) is 3.91. The molecule has 0 bridgehead atoms. The number of ether oxygens (including phenoxy) is 1. The molecule has 1 aliphatic heterocycles. The summed E-state index contributed by atoms with van der Waals surface area (Å²) in [5, 5.41) is 5.10. The van der Waals surface area contributed by atoms with Crippen LogP contribution in [0.15, 0.2) is 11.7 Å². The third-order valence-corrected chi connectivity index (χ3v) is 5.11. The van der Waals surface area contributed by atoms with Gasteiger partial charge < -0.3 is 15.0 Å². The number of hydrogen-bond acceptors (Lipinski definition) is 6. The predicted molar refractivity (Wildman–Crippen MR) is 96.8 cm³/mol. The average Bonchev–Trinajstić information content (AvgIpc) is 2.88. The zero-order valence-corrected chi connectivity index (χ0v) is 15.4. The Hall–Kier alpha value is -1.89. The summed E-state index contributed by atoms with van der Waals surface area (Å²) in [6.45, 7) is 9.43. The van der Waals surface area contributed by atoms with Crippen LogP contribution in [0.25, 0.3) is 10.2 Å². The van der Waals surface area contributed by atoms with Crippen LogP contribution in [-0.4, -0.2) is 40.8 Å². The molecular formula is C17H24N4O2S. The molecule has 3 rings (SSSR count). The molecule has 6 nitrogen and oxygen atoms in total. The lowest BCUT2D eigenvalue weighted by molar-refractivity contribution is 0.0497. The number of amides is 1. The number of carbonyl (C=O) groups is 1. The maximum Gasteiger partial charge on any atom is 0.407 e. The van der Waals surface area contributed by atoms with Gasteiger partial charge in [-0.25, -0.2) is 14.8 Å². The second-order valence-corrected chi connectivity index (χ2v) is 8.08. The number of carbonyl (C=O) groups excluding carboxylic acids is 1. The summed E-state index contributed by atoms with van der Waals surface area (Å²) in [5.41, 5.74) is 1.77. The SMILES string of the molecule is Cc1csc2c(N3CCC(NC(=O)OC(C)(C)C)CC3)ncnc12. The third kappa shape index (κ3) is 3.77. The fraction of sp³-hybridized carbons (Fsp3) is 0.588. The molecule has 7 heteroatoms. The van der Waals surface area contributed by atoms with Crippen LogP contribution in [0.3, 0.4) is 0 Å². The molecule has 130 valence electrons.